The van der Waals surface area contributed by atoms with Gasteiger partial charge in [-0.25, -0.2) is 8.42 Å². The number of carbonyl (C=O) groups excluding carboxylic acids is 2. The maximum atomic E-state index is 12.8. The van der Waals surface area contributed by atoms with Gasteiger partial charge >= 0.3 is 0 Å². The van der Waals surface area contributed by atoms with Crippen LogP contribution in [0.25, 0.3) is 0 Å². The van der Waals surface area contributed by atoms with Gasteiger partial charge in [0.25, 0.3) is 11.8 Å². The topological polar surface area (TPSA) is 95.6 Å². The normalized spacial score (nSPS) is 19.4. The van der Waals surface area contributed by atoms with Crippen molar-refractivity contribution in [1.29, 1.82) is 0 Å². The van der Waals surface area contributed by atoms with Crippen LogP contribution in [0.1, 0.15) is 39.4 Å². The molecule has 1 fully saturated rings. The van der Waals surface area contributed by atoms with Crippen LogP contribution in [0.4, 0.5) is 0 Å². The second-order valence-electron chi connectivity index (χ2n) is 6.94. The van der Waals surface area contributed by atoms with E-state index in [0.29, 0.717) is 17.7 Å². The summed E-state index contributed by atoms with van der Waals surface area (Å²) in [4.78, 5) is 26.9. The Labute approximate surface area is 167 Å². The number of carbonyl (C=O) groups is 2. The third-order valence-electron chi connectivity index (χ3n) is 5.13. The first-order valence-corrected chi connectivity index (χ1v) is 11.5. The number of benzene rings is 1. The zero-order valence-electron chi connectivity index (χ0n) is 15.2. The first kappa shape index (κ1) is 19.1. The van der Waals surface area contributed by atoms with Gasteiger partial charge < -0.3 is 0 Å². The molecular formula is C19H21N3O4S2. The molecule has 2 N–H and O–H groups in total. The molecular weight excluding hydrogens is 398 g/mol. The quantitative estimate of drug-likeness (QED) is 0.740. The van der Waals surface area contributed by atoms with E-state index in [1.165, 1.54) is 38.2 Å². The van der Waals surface area contributed by atoms with Gasteiger partial charge in [0.15, 0.2) is 0 Å². The number of hydrogen-bond acceptors (Lipinski definition) is 5. The highest BCUT2D eigenvalue weighted by Gasteiger charge is 2.39. The summed E-state index contributed by atoms with van der Waals surface area (Å²) in [6.07, 6.45) is 4.11. The Hall–Kier alpha value is -2.23. The van der Waals surface area contributed by atoms with Gasteiger partial charge in [-0.05, 0) is 55.9 Å². The average molecular weight is 420 g/mol. The van der Waals surface area contributed by atoms with E-state index in [9.17, 15) is 18.0 Å². The summed E-state index contributed by atoms with van der Waals surface area (Å²) >= 11 is 1.45. The second kappa shape index (κ2) is 7.65. The lowest BCUT2D eigenvalue weighted by molar-refractivity contribution is -0.125. The predicted octanol–water partition coefficient (Wildman–Crippen LogP) is 1.85. The maximum Gasteiger partial charge on any atom is 0.279 e. The van der Waals surface area contributed by atoms with E-state index in [0.717, 1.165) is 19.3 Å². The minimum absolute atomic E-state index is 0.159. The number of rotatable bonds is 4. The van der Waals surface area contributed by atoms with Gasteiger partial charge in [-0.1, -0.05) is 18.2 Å². The van der Waals surface area contributed by atoms with Gasteiger partial charge in [-0.2, -0.15) is 4.31 Å². The Kier molecular flexibility index (Phi) is 5.22. The molecule has 1 aliphatic carbocycles. The van der Waals surface area contributed by atoms with Crippen LogP contribution in [0.2, 0.25) is 0 Å². The molecule has 9 heteroatoms. The minimum Gasteiger partial charge on any atom is -0.271 e. The van der Waals surface area contributed by atoms with E-state index in [1.807, 2.05) is 6.07 Å². The Morgan fingerprint density at radius 2 is 1.86 bits per heavy atom. The van der Waals surface area contributed by atoms with Crippen LogP contribution in [0.5, 0.6) is 0 Å². The van der Waals surface area contributed by atoms with Crippen molar-refractivity contribution in [3.05, 3.63) is 51.7 Å². The Balaban J connectivity index is 1.41. The van der Waals surface area contributed by atoms with Crippen molar-refractivity contribution in [2.24, 2.45) is 0 Å². The van der Waals surface area contributed by atoms with Crippen LogP contribution < -0.4 is 10.9 Å². The number of thiophene rings is 1. The summed E-state index contributed by atoms with van der Waals surface area (Å²) < 4.78 is 26.9. The number of nitrogens with one attached hydrogen (secondary N) is 2. The number of sulfonamides is 1. The Bertz CT molecular complexity index is 980. The Morgan fingerprint density at radius 3 is 2.61 bits per heavy atom. The monoisotopic (exact) mass is 419 g/mol. The van der Waals surface area contributed by atoms with E-state index in [1.54, 1.807) is 18.2 Å². The molecule has 2 aromatic rings. The molecule has 2 heterocycles. The van der Waals surface area contributed by atoms with Crippen LogP contribution >= 0.6 is 11.3 Å². The van der Waals surface area contributed by atoms with E-state index in [-0.39, 0.29) is 17.3 Å². The Morgan fingerprint density at radius 1 is 1.07 bits per heavy atom. The highest BCUT2D eigenvalue weighted by atomic mass is 32.2. The van der Waals surface area contributed by atoms with Crippen molar-refractivity contribution < 1.29 is 18.0 Å². The smallest absolute Gasteiger partial charge is 0.271 e. The predicted molar refractivity (Wildman–Crippen MR) is 105 cm³/mol. The minimum atomic E-state index is -3.76. The molecule has 1 unspecified atom stereocenters. The van der Waals surface area contributed by atoms with Gasteiger partial charge in [0.1, 0.15) is 6.04 Å². The molecule has 148 valence electrons. The molecule has 1 aromatic carbocycles. The van der Waals surface area contributed by atoms with Crippen molar-refractivity contribution in [2.45, 2.75) is 43.0 Å². The molecule has 1 aromatic heterocycles. The number of fused-ring (bicyclic) bond motifs is 1. The summed E-state index contributed by atoms with van der Waals surface area (Å²) in [7, 11) is -3.76. The van der Waals surface area contributed by atoms with Crippen LogP contribution in [-0.2, 0) is 27.7 Å². The molecule has 1 atom stereocenters. The van der Waals surface area contributed by atoms with Crippen molar-refractivity contribution in [2.75, 3.05) is 6.54 Å². The first-order chi connectivity index (χ1) is 13.5. The van der Waals surface area contributed by atoms with Crippen molar-refractivity contribution in [1.82, 2.24) is 15.2 Å². The highest BCUT2D eigenvalue weighted by Crippen LogP contribution is 2.30. The maximum absolute atomic E-state index is 12.8. The zero-order valence-corrected chi connectivity index (χ0v) is 16.8. The number of amides is 2. The number of aryl methyl sites for hydroxylation is 2. The molecule has 4 rings (SSSR count). The third-order valence-corrected chi connectivity index (χ3v) is 8.28. The molecule has 2 amide bonds. The SMILES string of the molecule is O=C(NNC(=O)C1CCCN1S(=O)(=O)c1ccccc1)c1cc2c(s1)CCC2. The molecule has 7 nitrogen and oxygen atoms in total. The molecule has 1 aliphatic heterocycles. The van der Waals surface area contributed by atoms with E-state index >= 15 is 0 Å². The standard InChI is InChI=1S/C19H21N3O4S2/c23-18(20-21-19(24)17-12-13-6-4-10-16(13)27-17)15-9-5-11-22(15)28(25,26)14-7-2-1-3-8-14/h1-3,7-8,12,15H,4-6,9-11H2,(H,20,23)(H,21,24). The summed E-state index contributed by atoms with van der Waals surface area (Å²) in [6.45, 7) is 0.279. The molecule has 0 saturated carbocycles. The summed E-state index contributed by atoms with van der Waals surface area (Å²) in [6, 6.07) is 9.10. The molecule has 1 saturated heterocycles. The van der Waals surface area contributed by atoms with Crippen molar-refractivity contribution in [3.8, 4) is 0 Å². The lowest BCUT2D eigenvalue weighted by Gasteiger charge is -2.23. The van der Waals surface area contributed by atoms with E-state index < -0.39 is 22.0 Å². The third kappa shape index (κ3) is 3.57. The highest BCUT2D eigenvalue weighted by molar-refractivity contribution is 7.89. The van der Waals surface area contributed by atoms with Crippen LogP contribution in [0.3, 0.4) is 0 Å². The summed E-state index contributed by atoms with van der Waals surface area (Å²) in [5.41, 5.74) is 6.04. The molecule has 0 bridgehead atoms. The van der Waals surface area contributed by atoms with Gasteiger partial charge in [-0.15, -0.1) is 11.3 Å². The van der Waals surface area contributed by atoms with Gasteiger partial charge in [-0.3, -0.25) is 20.4 Å². The average Bonchev–Trinajstić information content (AvgIpc) is 3.42. The fraction of sp³-hybridized carbons (Fsp3) is 0.368. The van der Waals surface area contributed by atoms with Gasteiger partial charge in [0.2, 0.25) is 10.0 Å². The molecule has 2 aliphatic rings. The fourth-order valence-electron chi connectivity index (χ4n) is 3.72. The van der Waals surface area contributed by atoms with E-state index in [2.05, 4.69) is 10.9 Å². The van der Waals surface area contributed by atoms with Gasteiger partial charge in [0, 0.05) is 11.4 Å². The molecule has 28 heavy (non-hydrogen) atoms. The fourth-order valence-corrected chi connectivity index (χ4v) is 6.55. The summed E-state index contributed by atoms with van der Waals surface area (Å²) in [5, 5.41) is 0. The first-order valence-electron chi connectivity index (χ1n) is 9.25. The van der Waals surface area contributed by atoms with Crippen LogP contribution in [-0.4, -0.2) is 37.1 Å². The summed E-state index contributed by atoms with van der Waals surface area (Å²) in [5.74, 6) is -0.891. The van der Waals surface area contributed by atoms with Gasteiger partial charge in [0.05, 0.1) is 9.77 Å². The number of hydrazine groups is 1. The van der Waals surface area contributed by atoms with Crippen molar-refractivity contribution in [3.63, 3.8) is 0 Å². The van der Waals surface area contributed by atoms with Crippen LogP contribution in [0, 0.1) is 0 Å². The van der Waals surface area contributed by atoms with E-state index in [4.69, 9.17) is 0 Å². The van der Waals surface area contributed by atoms with Crippen LogP contribution in [0.15, 0.2) is 41.3 Å². The second-order valence-corrected chi connectivity index (χ2v) is 9.97. The van der Waals surface area contributed by atoms with Crippen molar-refractivity contribution >= 4 is 33.2 Å². The molecule has 0 spiro atoms. The zero-order chi connectivity index (χ0) is 19.7. The lowest BCUT2D eigenvalue weighted by atomic mass is 10.2. The number of nitrogens with zero attached hydrogens (tertiary/aromatic N) is 1. The largest absolute Gasteiger partial charge is 0.279 e. The lowest BCUT2D eigenvalue weighted by Crippen LogP contribution is -2.51. The molecule has 0 radical (unpaired) electrons. The number of hydrogen-bond donors (Lipinski definition) is 2.